The molecule has 3 heterocycles. The molecule has 0 amide bonds. The highest BCUT2D eigenvalue weighted by molar-refractivity contribution is 5.33. The summed E-state index contributed by atoms with van der Waals surface area (Å²) in [6.07, 6.45) is -15.5. The number of ether oxygens (including phenoxy) is 6. The van der Waals surface area contributed by atoms with E-state index in [-0.39, 0.29) is 58.5 Å². The van der Waals surface area contributed by atoms with Crippen LogP contribution in [0.25, 0.3) is 0 Å². The van der Waals surface area contributed by atoms with Crippen molar-refractivity contribution in [1.29, 1.82) is 0 Å². The zero-order valence-corrected chi connectivity index (χ0v) is 38.4. The Hall–Kier alpha value is -0.720. The molecule has 5 saturated carbocycles. The Balaban J connectivity index is 1.08. The van der Waals surface area contributed by atoms with Crippen molar-refractivity contribution in [2.75, 3.05) is 19.8 Å². The van der Waals surface area contributed by atoms with Crippen LogP contribution in [0.1, 0.15) is 106 Å². The molecule has 12 N–H and O–H groups in total. The Kier molecular flexibility index (Phi) is 13.4. The molecule has 0 bridgehead atoms. The number of aliphatic hydroxyl groups is 12. The average Bonchev–Trinajstić information content (AvgIpc) is 3.82. The van der Waals surface area contributed by atoms with Gasteiger partial charge >= 0.3 is 0 Å². The van der Waals surface area contributed by atoms with E-state index in [4.69, 9.17) is 28.4 Å². The second-order valence-electron chi connectivity index (χ2n) is 23.1. The number of rotatable bonds is 12. The van der Waals surface area contributed by atoms with Crippen molar-refractivity contribution in [3.8, 4) is 0 Å². The van der Waals surface area contributed by atoms with Gasteiger partial charge in [0.1, 0.15) is 61.0 Å². The normalized spacial score (nSPS) is 54.5. The first-order valence-corrected chi connectivity index (χ1v) is 23.8. The summed E-state index contributed by atoms with van der Waals surface area (Å²) in [6.45, 7) is 12.9. The minimum atomic E-state index is -1.65. The molecule has 370 valence electrons. The maximum Gasteiger partial charge on any atom is 0.186 e. The van der Waals surface area contributed by atoms with Gasteiger partial charge in [-0.15, -0.1) is 0 Å². The third-order valence-corrected chi connectivity index (χ3v) is 19.0. The van der Waals surface area contributed by atoms with Gasteiger partial charge in [-0.3, -0.25) is 0 Å². The van der Waals surface area contributed by atoms with Gasteiger partial charge in [0.15, 0.2) is 18.9 Å². The molecular weight excluding hydrogens is 840 g/mol. The highest BCUT2D eigenvalue weighted by atomic mass is 16.7. The van der Waals surface area contributed by atoms with Gasteiger partial charge in [-0.2, -0.15) is 0 Å². The second-order valence-corrected chi connectivity index (χ2v) is 23.1. The van der Waals surface area contributed by atoms with E-state index < -0.39 is 122 Å². The Morgan fingerprint density at radius 2 is 1.33 bits per heavy atom. The molecule has 25 atom stereocenters. The molecular formula is C46H78O18. The molecule has 8 rings (SSSR count). The molecule has 64 heavy (non-hydrogen) atoms. The molecule has 0 aromatic rings. The highest BCUT2D eigenvalue weighted by Gasteiger charge is 2.85. The van der Waals surface area contributed by atoms with Crippen LogP contribution in [0.5, 0.6) is 0 Å². The molecule has 18 heteroatoms. The molecule has 0 aromatic heterocycles. The van der Waals surface area contributed by atoms with Crippen molar-refractivity contribution in [1.82, 2.24) is 0 Å². The number of hydrogen-bond acceptors (Lipinski definition) is 18. The lowest BCUT2D eigenvalue weighted by molar-refractivity contribution is -0.351. The molecule has 0 aromatic carbocycles. The summed E-state index contributed by atoms with van der Waals surface area (Å²) < 4.78 is 36.8. The quantitative estimate of drug-likeness (QED) is 0.105. The monoisotopic (exact) mass is 919 g/mol. The van der Waals surface area contributed by atoms with Crippen molar-refractivity contribution in [2.45, 2.75) is 216 Å². The van der Waals surface area contributed by atoms with Crippen molar-refractivity contribution in [2.24, 2.45) is 50.7 Å². The smallest absolute Gasteiger partial charge is 0.186 e. The molecule has 3 aliphatic heterocycles. The minimum absolute atomic E-state index is 0.0493. The number of aliphatic hydroxyl groups excluding tert-OH is 11. The topological polar surface area (TPSA) is 298 Å². The molecule has 25 unspecified atom stereocenters. The Bertz CT molecular complexity index is 1650. The van der Waals surface area contributed by atoms with Crippen LogP contribution in [0.2, 0.25) is 0 Å². The average molecular weight is 919 g/mol. The first kappa shape index (κ1) is 49.7. The van der Waals surface area contributed by atoms with Gasteiger partial charge in [-0.1, -0.05) is 34.6 Å². The van der Waals surface area contributed by atoms with E-state index in [9.17, 15) is 61.3 Å². The van der Waals surface area contributed by atoms with Crippen LogP contribution in [0.4, 0.5) is 0 Å². The van der Waals surface area contributed by atoms with Crippen molar-refractivity contribution in [3.63, 3.8) is 0 Å². The van der Waals surface area contributed by atoms with Crippen LogP contribution in [-0.2, 0) is 28.4 Å². The van der Waals surface area contributed by atoms with Gasteiger partial charge in [0.05, 0.1) is 49.8 Å². The van der Waals surface area contributed by atoms with E-state index in [1.165, 1.54) is 0 Å². The summed E-state index contributed by atoms with van der Waals surface area (Å²) in [6, 6.07) is 0. The van der Waals surface area contributed by atoms with E-state index in [0.717, 1.165) is 19.3 Å². The zero-order valence-electron chi connectivity index (χ0n) is 38.4. The molecule has 18 nitrogen and oxygen atoms in total. The fraction of sp³-hybridized carbons (Fsp3) is 1.00. The summed E-state index contributed by atoms with van der Waals surface area (Å²) in [5, 5.41) is 130. The number of fused-ring (bicyclic) bond motifs is 2. The van der Waals surface area contributed by atoms with Crippen molar-refractivity contribution < 1.29 is 89.7 Å². The second kappa shape index (κ2) is 17.3. The molecule has 8 aliphatic rings. The van der Waals surface area contributed by atoms with Gasteiger partial charge in [0.2, 0.25) is 0 Å². The standard InChI is InChI=1S/C46H78O18/c1-20(8-9-27(51)42(4,5)58)29-21(48)15-44(7)26-14-24(61-40-34(56)32(54)31(53)25(16-47)62-40)37-41(2,3)28(10-11-46(37)19-45(26,46)13-12-43(29,44)6)63-39-35(57)36(23(50)18-60-39)64-38-33(55)30(52)22(49)17-59-38/h20-40,47-58H,8-19H2,1-7H3. The third-order valence-electron chi connectivity index (χ3n) is 19.0. The van der Waals surface area contributed by atoms with Crippen LogP contribution in [0.15, 0.2) is 0 Å². The summed E-state index contributed by atoms with van der Waals surface area (Å²) >= 11 is 0. The molecule has 8 fully saturated rings. The number of hydrogen-bond donors (Lipinski definition) is 12. The van der Waals surface area contributed by atoms with Crippen molar-refractivity contribution in [3.05, 3.63) is 0 Å². The van der Waals surface area contributed by atoms with Gasteiger partial charge in [0, 0.05) is 0 Å². The van der Waals surface area contributed by atoms with Crippen LogP contribution < -0.4 is 0 Å². The van der Waals surface area contributed by atoms with E-state index in [2.05, 4.69) is 34.6 Å². The van der Waals surface area contributed by atoms with E-state index in [1.54, 1.807) is 13.8 Å². The first-order valence-electron chi connectivity index (χ1n) is 23.8. The summed E-state index contributed by atoms with van der Waals surface area (Å²) in [7, 11) is 0. The summed E-state index contributed by atoms with van der Waals surface area (Å²) in [5.74, 6) is -0.198. The zero-order chi connectivity index (χ0) is 46.9. The maximum atomic E-state index is 12.1. The van der Waals surface area contributed by atoms with E-state index in [0.29, 0.717) is 38.5 Å². The lowest BCUT2D eigenvalue weighted by Gasteiger charge is -2.65. The largest absolute Gasteiger partial charge is 0.394 e. The Morgan fingerprint density at radius 1 is 0.688 bits per heavy atom. The summed E-state index contributed by atoms with van der Waals surface area (Å²) in [4.78, 5) is 0. The van der Waals surface area contributed by atoms with Crippen LogP contribution in [-0.4, -0.2) is 191 Å². The van der Waals surface area contributed by atoms with Gasteiger partial charge in [0.25, 0.3) is 0 Å². The maximum absolute atomic E-state index is 12.1. The van der Waals surface area contributed by atoms with Crippen LogP contribution in [0.3, 0.4) is 0 Å². The highest BCUT2D eigenvalue weighted by Crippen LogP contribution is 2.89. The minimum Gasteiger partial charge on any atom is -0.394 e. The third kappa shape index (κ3) is 7.68. The fourth-order valence-corrected chi connectivity index (χ4v) is 15.4. The predicted molar refractivity (Wildman–Crippen MR) is 222 cm³/mol. The lowest BCUT2D eigenvalue weighted by Crippen LogP contribution is -2.65. The predicted octanol–water partition coefficient (Wildman–Crippen LogP) is -0.973. The van der Waals surface area contributed by atoms with Crippen LogP contribution >= 0.6 is 0 Å². The molecule has 2 spiro atoms. The molecule has 5 aliphatic carbocycles. The SMILES string of the molecule is CC(CCC(O)C(C)(C)O)C1C(O)CC2(C)C3CC(OC4OC(CO)C(O)C(O)C4O)C4C(C)(C)C(OC5OCC(O)C(OC6OCC(O)C(O)C6O)C5O)CCC45CC35CCC12C. The van der Waals surface area contributed by atoms with E-state index in [1.807, 2.05) is 0 Å². The Morgan fingerprint density at radius 3 is 1.98 bits per heavy atom. The van der Waals surface area contributed by atoms with Gasteiger partial charge in [-0.05, 0) is 122 Å². The van der Waals surface area contributed by atoms with E-state index >= 15 is 0 Å². The van der Waals surface area contributed by atoms with Gasteiger partial charge in [-0.25, -0.2) is 0 Å². The molecule has 0 radical (unpaired) electrons. The Labute approximate surface area is 375 Å². The fourth-order valence-electron chi connectivity index (χ4n) is 15.4. The first-order chi connectivity index (χ1) is 29.8. The van der Waals surface area contributed by atoms with Crippen LogP contribution in [0, 0.1) is 50.7 Å². The van der Waals surface area contributed by atoms with Gasteiger partial charge < -0.3 is 89.7 Å². The lowest BCUT2D eigenvalue weighted by atomic mass is 9.41. The summed E-state index contributed by atoms with van der Waals surface area (Å²) in [5.41, 5.74) is -3.01. The molecule has 3 saturated heterocycles. The van der Waals surface area contributed by atoms with Crippen molar-refractivity contribution >= 4 is 0 Å².